The smallest absolute Gasteiger partial charge is 0.131 e. The van der Waals surface area contributed by atoms with Crippen LogP contribution in [-0.4, -0.2) is 14.8 Å². The Hall–Kier alpha value is -1.30. The van der Waals surface area contributed by atoms with E-state index in [0.29, 0.717) is 27.9 Å². The molecule has 4 nitrogen and oxygen atoms in total. The molecule has 1 aromatic heterocycles. The second-order valence-electron chi connectivity index (χ2n) is 4.46. The predicted octanol–water partition coefficient (Wildman–Crippen LogP) is 3.73. The standard InChI is InChI=1S/C14H15Cl2N3OS/c1-3-19-11(13(16)8(2)18-19)7-20-12-6-9(15)4-5-10(12)14(17)21/h4-6H,3,7H2,1-2H3,(H2,17,21). The van der Waals surface area contributed by atoms with Gasteiger partial charge in [0.25, 0.3) is 0 Å². The number of benzene rings is 1. The Balaban J connectivity index is 2.28. The summed E-state index contributed by atoms with van der Waals surface area (Å²) in [4.78, 5) is 0.257. The van der Waals surface area contributed by atoms with Crippen LogP contribution < -0.4 is 10.5 Å². The zero-order valence-electron chi connectivity index (χ0n) is 11.7. The largest absolute Gasteiger partial charge is 0.486 e. The van der Waals surface area contributed by atoms with E-state index in [4.69, 9.17) is 45.9 Å². The maximum atomic E-state index is 6.25. The van der Waals surface area contributed by atoms with Gasteiger partial charge in [0.1, 0.15) is 17.3 Å². The van der Waals surface area contributed by atoms with E-state index < -0.39 is 0 Å². The Morgan fingerprint density at radius 3 is 2.76 bits per heavy atom. The van der Waals surface area contributed by atoms with Crippen molar-refractivity contribution in [2.75, 3.05) is 0 Å². The normalized spacial score (nSPS) is 10.7. The molecule has 0 atom stereocenters. The van der Waals surface area contributed by atoms with Crippen molar-refractivity contribution in [3.63, 3.8) is 0 Å². The molecular formula is C14H15Cl2N3OS. The van der Waals surface area contributed by atoms with E-state index in [1.165, 1.54) is 0 Å². The van der Waals surface area contributed by atoms with Crippen molar-refractivity contribution in [3.8, 4) is 5.75 Å². The van der Waals surface area contributed by atoms with Crippen molar-refractivity contribution in [2.45, 2.75) is 27.0 Å². The van der Waals surface area contributed by atoms with Gasteiger partial charge < -0.3 is 10.5 Å². The monoisotopic (exact) mass is 343 g/mol. The quantitative estimate of drug-likeness (QED) is 0.840. The molecule has 21 heavy (non-hydrogen) atoms. The van der Waals surface area contributed by atoms with Gasteiger partial charge in [0.15, 0.2) is 0 Å². The first kappa shape index (κ1) is 16.1. The average Bonchev–Trinajstić information content (AvgIpc) is 2.71. The number of aryl methyl sites for hydroxylation is 2. The van der Waals surface area contributed by atoms with Crippen LogP contribution in [0.25, 0.3) is 0 Å². The number of rotatable bonds is 5. The number of aromatic nitrogens is 2. The summed E-state index contributed by atoms with van der Waals surface area (Å²) in [5, 5.41) is 5.50. The summed E-state index contributed by atoms with van der Waals surface area (Å²) in [6.45, 7) is 4.83. The molecule has 0 saturated heterocycles. The molecule has 1 aromatic carbocycles. The second-order valence-corrected chi connectivity index (χ2v) is 5.71. The van der Waals surface area contributed by atoms with Crippen molar-refractivity contribution >= 4 is 40.4 Å². The number of halogens is 2. The molecule has 0 bridgehead atoms. The molecule has 7 heteroatoms. The van der Waals surface area contributed by atoms with Crippen LogP contribution in [0.1, 0.15) is 23.9 Å². The molecule has 0 saturated carbocycles. The lowest BCUT2D eigenvalue weighted by atomic mass is 10.2. The highest BCUT2D eigenvalue weighted by molar-refractivity contribution is 7.80. The van der Waals surface area contributed by atoms with Crippen LogP contribution in [0, 0.1) is 6.92 Å². The van der Waals surface area contributed by atoms with Crippen LogP contribution in [0.3, 0.4) is 0 Å². The van der Waals surface area contributed by atoms with E-state index in [-0.39, 0.29) is 11.6 Å². The first-order valence-corrected chi connectivity index (χ1v) is 7.54. The van der Waals surface area contributed by atoms with Gasteiger partial charge in [-0.3, -0.25) is 4.68 Å². The summed E-state index contributed by atoms with van der Waals surface area (Å²) < 4.78 is 7.61. The summed E-state index contributed by atoms with van der Waals surface area (Å²) in [5.74, 6) is 0.535. The molecule has 0 spiro atoms. The first-order valence-electron chi connectivity index (χ1n) is 6.38. The van der Waals surface area contributed by atoms with Gasteiger partial charge in [0, 0.05) is 11.6 Å². The van der Waals surface area contributed by atoms with Crippen molar-refractivity contribution in [1.82, 2.24) is 9.78 Å². The molecule has 0 fully saturated rings. The minimum atomic E-state index is 0.257. The Morgan fingerprint density at radius 2 is 2.14 bits per heavy atom. The summed E-state index contributed by atoms with van der Waals surface area (Å²) >= 11 is 17.3. The topological polar surface area (TPSA) is 53.1 Å². The highest BCUT2D eigenvalue weighted by Gasteiger charge is 2.14. The molecule has 0 aliphatic carbocycles. The Labute approximate surface area is 138 Å². The van der Waals surface area contributed by atoms with E-state index in [9.17, 15) is 0 Å². The van der Waals surface area contributed by atoms with Gasteiger partial charge >= 0.3 is 0 Å². The Kier molecular flexibility index (Phi) is 5.08. The fourth-order valence-electron chi connectivity index (χ4n) is 1.97. The molecular weight excluding hydrogens is 329 g/mol. The fourth-order valence-corrected chi connectivity index (χ4v) is 2.49. The Morgan fingerprint density at radius 1 is 1.43 bits per heavy atom. The van der Waals surface area contributed by atoms with Crippen LogP contribution in [-0.2, 0) is 13.2 Å². The third kappa shape index (κ3) is 3.48. The number of nitrogens with two attached hydrogens (primary N) is 1. The molecule has 2 N–H and O–H groups in total. The second kappa shape index (κ2) is 6.64. The zero-order chi connectivity index (χ0) is 15.6. The minimum absolute atomic E-state index is 0.257. The van der Waals surface area contributed by atoms with Crippen molar-refractivity contribution in [1.29, 1.82) is 0 Å². The summed E-state index contributed by atoms with van der Waals surface area (Å²) in [6, 6.07) is 5.14. The third-order valence-corrected chi connectivity index (χ3v) is 3.97. The lowest BCUT2D eigenvalue weighted by Gasteiger charge is -2.12. The van der Waals surface area contributed by atoms with E-state index in [1.807, 2.05) is 18.5 Å². The number of nitrogens with zero attached hydrogens (tertiary/aromatic N) is 2. The summed E-state index contributed by atoms with van der Waals surface area (Å²) in [5.41, 5.74) is 7.92. The predicted molar refractivity (Wildman–Crippen MR) is 89.3 cm³/mol. The summed E-state index contributed by atoms with van der Waals surface area (Å²) in [6.07, 6.45) is 0. The van der Waals surface area contributed by atoms with E-state index in [2.05, 4.69) is 5.10 Å². The lowest BCUT2D eigenvalue weighted by Crippen LogP contribution is -2.13. The van der Waals surface area contributed by atoms with Gasteiger partial charge in [-0.05, 0) is 32.0 Å². The van der Waals surface area contributed by atoms with Crippen LogP contribution in [0.5, 0.6) is 5.75 Å². The Bertz CT molecular complexity index is 685. The van der Waals surface area contributed by atoms with Crippen LogP contribution >= 0.6 is 35.4 Å². The van der Waals surface area contributed by atoms with Gasteiger partial charge in [-0.1, -0.05) is 35.4 Å². The van der Waals surface area contributed by atoms with Crippen LogP contribution in [0.2, 0.25) is 10.0 Å². The minimum Gasteiger partial charge on any atom is -0.486 e. The molecule has 2 rings (SSSR count). The maximum absolute atomic E-state index is 6.25. The molecule has 112 valence electrons. The van der Waals surface area contributed by atoms with Gasteiger partial charge in [0.05, 0.1) is 22.0 Å². The van der Waals surface area contributed by atoms with Gasteiger partial charge in [-0.25, -0.2) is 0 Å². The number of hydrogen-bond acceptors (Lipinski definition) is 3. The van der Waals surface area contributed by atoms with Crippen molar-refractivity contribution in [2.24, 2.45) is 5.73 Å². The highest BCUT2D eigenvalue weighted by atomic mass is 35.5. The first-order chi connectivity index (χ1) is 9.93. The van der Waals surface area contributed by atoms with Gasteiger partial charge in [-0.15, -0.1) is 0 Å². The van der Waals surface area contributed by atoms with Crippen molar-refractivity contribution < 1.29 is 4.74 Å². The maximum Gasteiger partial charge on any atom is 0.131 e. The average molecular weight is 344 g/mol. The zero-order valence-corrected chi connectivity index (χ0v) is 14.0. The van der Waals surface area contributed by atoms with Gasteiger partial charge in [0.2, 0.25) is 0 Å². The molecule has 0 unspecified atom stereocenters. The number of hydrogen-bond donors (Lipinski definition) is 1. The van der Waals surface area contributed by atoms with Crippen LogP contribution in [0.4, 0.5) is 0 Å². The molecule has 1 heterocycles. The molecule has 2 aromatic rings. The highest BCUT2D eigenvalue weighted by Crippen LogP contribution is 2.26. The fraction of sp³-hybridized carbons (Fsp3) is 0.286. The van der Waals surface area contributed by atoms with Crippen LogP contribution in [0.15, 0.2) is 18.2 Å². The van der Waals surface area contributed by atoms with E-state index in [0.717, 1.165) is 11.4 Å². The molecule has 0 amide bonds. The SMILES string of the molecule is CCn1nc(C)c(Cl)c1COc1cc(Cl)ccc1C(N)=S. The molecule has 0 radical (unpaired) electrons. The summed E-state index contributed by atoms with van der Waals surface area (Å²) in [7, 11) is 0. The van der Waals surface area contributed by atoms with E-state index >= 15 is 0 Å². The van der Waals surface area contributed by atoms with Gasteiger partial charge in [-0.2, -0.15) is 5.10 Å². The number of thiocarbonyl (C=S) groups is 1. The number of ether oxygens (including phenoxy) is 1. The van der Waals surface area contributed by atoms with E-state index in [1.54, 1.807) is 18.2 Å². The lowest BCUT2D eigenvalue weighted by molar-refractivity contribution is 0.292. The van der Waals surface area contributed by atoms with Crippen molar-refractivity contribution in [3.05, 3.63) is 45.2 Å². The third-order valence-electron chi connectivity index (χ3n) is 3.03. The molecule has 0 aliphatic heterocycles. The molecule has 0 aliphatic rings.